The number of benzene rings is 2. The van der Waals surface area contributed by atoms with Crippen LogP contribution in [0.25, 0.3) is 0 Å². The van der Waals surface area contributed by atoms with Crippen LogP contribution >= 0.6 is 0 Å². The molecule has 5 rings (SSSR count). The van der Waals surface area contributed by atoms with Gasteiger partial charge in [-0.15, -0.1) is 0 Å². The molecule has 2 aromatic carbocycles. The predicted octanol–water partition coefficient (Wildman–Crippen LogP) is 9.27. The highest BCUT2D eigenvalue weighted by Gasteiger charge is 2.74. The van der Waals surface area contributed by atoms with Crippen LogP contribution in [0.15, 0.2) is 42.5 Å². The molecule has 2 aliphatic carbocycles. The maximum Gasteiger partial charge on any atom is 0.435 e. The van der Waals surface area contributed by atoms with Gasteiger partial charge in [0.15, 0.2) is 0 Å². The van der Waals surface area contributed by atoms with Crippen molar-refractivity contribution in [1.29, 1.82) is 0 Å². The van der Waals surface area contributed by atoms with Gasteiger partial charge in [-0.2, -0.15) is 26.3 Å². The van der Waals surface area contributed by atoms with E-state index in [2.05, 4.69) is 0 Å². The van der Waals surface area contributed by atoms with Gasteiger partial charge in [0.25, 0.3) is 0 Å². The minimum absolute atomic E-state index is 0.154. The number of amides is 1. The molecular weight excluding hydrogens is 681 g/mol. The van der Waals surface area contributed by atoms with Gasteiger partial charge in [0.05, 0.1) is 12.0 Å². The van der Waals surface area contributed by atoms with E-state index < -0.39 is 52.6 Å². The number of hydrogen-bond acceptors (Lipinski definition) is 3. The maximum atomic E-state index is 14.6. The number of likely N-dealkylation sites (tertiary alicyclic amines) is 1. The first-order valence-corrected chi connectivity index (χ1v) is 16.6. The van der Waals surface area contributed by atoms with Gasteiger partial charge in [-0.3, -0.25) is 9.59 Å². The van der Waals surface area contributed by atoms with Gasteiger partial charge >= 0.3 is 24.0 Å². The zero-order valence-electron chi connectivity index (χ0n) is 28.8. The smallest absolute Gasteiger partial charge is 0.435 e. The lowest BCUT2D eigenvalue weighted by atomic mass is 9.71. The summed E-state index contributed by atoms with van der Waals surface area (Å²) in [6.07, 6.45) is -9.46. The Morgan fingerprint density at radius 3 is 1.90 bits per heavy atom. The largest absolute Gasteiger partial charge is 0.481 e. The van der Waals surface area contributed by atoms with Crippen LogP contribution in [0, 0.1) is 18.7 Å². The minimum Gasteiger partial charge on any atom is -0.481 e. The lowest BCUT2D eigenvalue weighted by Gasteiger charge is -2.38. The minimum atomic E-state index is -6.19. The average Bonchev–Trinajstić information content (AvgIpc) is 3.53. The number of carbonyl (C=O) groups excluding carboxylic acids is 1. The monoisotopic (exact) mass is 727 g/mol. The van der Waals surface area contributed by atoms with Crippen LogP contribution in [0.4, 0.5) is 39.5 Å². The van der Waals surface area contributed by atoms with Crippen molar-refractivity contribution in [2.75, 3.05) is 13.2 Å². The first kappa shape index (κ1) is 42.9. The topological polar surface area (TPSA) is 77.8 Å². The molecule has 1 heterocycles. The third-order valence-corrected chi connectivity index (χ3v) is 9.72. The number of rotatable bonds is 6. The summed E-state index contributed by atoms with van der Waals surface area (Å²) in [6.45, 7) is 9.41. The molecular formula is C36H46F9NO4. The Labute approximate surface area is 286 Å². The molecule has 282 valence electrons. The number of carbonyl (C=O) groups is 2. The lowest BCUT2D eigenvalue weighted by molar-refractivity contribution is -0.348. The maximum absolute atomic E-state index is 14.6. The van der Waals surface area contributed by atoms with E-state index in [1.165, 1.54) is 17.0 Å². The summed E-state index contributed by atoms with van der Waals surface area (Å²) in [5.74, 6) is -1.23. The third-order valence-electron chi connectivity index (χ3n) is 9.72. The van der Waals surface area contributed by atoms with Crippen molar-refractivity contribution >= 4 is 12.4 Å². The SMILES string of the molecule is CC.CC1(C)c2cc(C(F)(C(F)(F)F)C(F)(F)F)ccc2C2(CCCO)CCN(C=O)C12.Cc1ccc(F)cc1.O=C(O)C1CCC(F)CC1. The second-order valence-corrected chi connectivity index (χ2v) is 13.2. The molecule has 1 aliphatic heterocycles. The van der Waals surface area contributed by atoms with E-state index in [4.69, 9.17) is 5.11 Å². The summed E-state index contributed by atoms with van der Waals surface area (Å²) in [4.78, 5) is 23.4. The molecule has 2 aromatic rings. The number of fused-ring (bicyclic) bond motifs is 3. The lowest BCUT2D eigenvalue weighted by Crippen LogP contribution is -2.50. The first-order chi connectivity index (χ1) is 23.2. The summed E-state index contributed by atoms with van der Waals surface area (Å²) in [5, 5.41) is 17.8. The molecule has 50 heavy (non-hydrogen) atoms. The van der Waals surface area contributed by atoms with E-state index >= 15 is 0 Å². The normalized spacial score (nSPS) is 23.9. The summed E-state index contributed by atoms with van der Waals surface area (Å²) >= 11 is 0. The molecule has 0 aromatic heterocycles. The average molecular weight is 728 g/mol. The number of aryl methyl sites for hydroxylation is 1. The van der Waals surface area contributed by atoms with E-state index in [0.717, 1.165) is 11.6 Å². The quantitative estimate of drug-likeness (QED) is 0.230. The van der Waals surface area contributed by atoms with Gasteiger partial charge in [-0.25, -0.2) is 13.2 Å². The van der Waals surface area contributed by atoms with Crippen molar-refractivity contribution in [2.45, 2.75) is 121 Å². The summed E-state index contributed by atoms with van der Waals surface area (Å²) in [5.41, 5.74) is -7.02. The van der Waals surface area contributed by atoms with E-state index in [1.54, 1.807) is 26.0 Å². The molecule has 0 spiro atoms. The van der Waals surface area contributed by atoms with Crippen molar-refractivity contribution in [3.63, 3.8) is 0 Å². The Hall–Kier alpha value is -3.29. The van der Waals surface area contributed by atoms with Gasteiger partial charge in [0, 0.05) is 29.5 Å². The Morgan fingerprint density at radius 2 is 1.46 bits per heavy atom. The van der Waals surface area contributed by atoms with E-state index in [9.17, 15) is 54.2 Å². The molecule has 14 heteroatoms. The second-order valence-electron chi connectivity index (χ2n) is 13.2. The zero-order valence-corrected chi connectivity index (χ0v) is 28.8. The molecule has 2 unspecified atom stereocenters. The number of nitrogens with zero attached hydrogens (tertiary/aromatic N) is 1. The molecule has 2 fully saturated rings. The van der Waals surface area contributed by atoms with Gasteiger partial charge in [0.2, 0.25) is 6.41 Å². The standard InChI is InChI=1S/C20H22F7NO2.C7H11FO2.C7H7F.C2H6/c1-16(2)14-10-12(18(21,19(22,23)24)20(25,26)27)4-5-13(14)17(6-3-9-29)7-8-28(11-30)15(16)17;8-6-3-1-5(2-4-6)7(9)10;1-6-2-4-7(8)5-3-6;1-2/h4-5,10-11,15,29H,3,6-9H2,1-2H3;5-6H,1-4H2,(H,9,10);2-5H,1H3;1-2H3. The van der Waals surface area contributed by atoms with Gasteiger partial charge in [-0.05, 0) is 75.1 Å². The molecule has 1 amide bonds. The predicted molar refractivity (Wildman–Crippen MR) is 171 cm³/mol. The van der Waals surface area contributed by atoms with Crippen molar-refractivity contribution in [3.8, 4) is 0 Å². The Balaban J connectivity index is 0.000000350. The Kier molecular flexibility index (Phi) is 14.4. The third kappa shape index (κ3) is 8.77. The number of carboxylic acid groups (broad SMARTS) is 1. The van der Waals surface area contributed by atoms with Gasteiger partial charge < -0.3 is 15.1 Å². The fraction of sp³-hybridized carbons (Fsp3) is 0.611. The molecule has 0 bridgehead atoms. The van der Waals surface area contributed by atoms with Crippen molar-refractivity contribution in [3.05, 3.63) is 70.5 Å². The van der Waals surface area contributed by atoms with Gasteiger partial charge in [-0.1, -0.05) is 63.6 Å². The van der Waals surface area contributed by atoms with Crippen LogP contribution in [0.5, 0.6) is 0 Å². The number of carboxylic acids is 1. The number of alkyl halides is 8. The van der Waals surface area contributed by atoms with Crippen LogP contribution in [0.3, 0.4) is 0 Å². The van der Waals surface area contributed by atoms with Crippen molar-refractivity contribution < 1.29 is 59.3 Å². The molecule has 3 aliphatic rings. The van der Waals surface area contributed by atoms with E-state index in [0.29, 0.717) is 75.6 Å². The highest BCUT2D eigenvalue weighted by atomic mass is 19.4. The number of halogens is 9. The summed E-state index contributed by atoms with van der Waals surface area (Å²) in [6, 6.07) is 8.20. The summed E-state index contributed by atoms with van der Waals surface area (Å²) in [7, 11) is 0. The fourth-order valence-corrected chi connectivity index (χ4v) is 7.40. The van der Waals surface area contributed by atoms with Crippen LogP contribution in [-0.2, 0) is 26.1 Å². The molecule has 1 saturated carbocycles. The highest BCUT2D eigenvalue weighted by molar-refractivity contribution is 5.70. The number of aliphatic carboxylic acids is 1. The number of aliphatic hydroxyl groups excluding tert-OH is 1. The molecule has 0 radical (unpaired) electrons. The number of aliphatic hydroxyl groups is 1. The fourth-order valence-electron chi connectivity index (χ4n) is 7.40. The Bertz CT molecular complexity index is 1370. The van der Waals surface area contributed by atoms with Crippen molar-refractivity contribution in [1.82, 2.24) is 4.90 Å². The van der Waals surface area contributed by atoms with Gasteiger partial charge in [0.1, 0.15) is 12.0 Å². The molecule has 1 saturated heterocycles. The number of hydrogen-bond donors (Lipinski definition) is 2. The molecule has 5 nitrogen and oxygen atoms in total. The second kappa shape index (κ2) is 16.8. The van der Waals surface area contributed by atoms with Crippen LogP contribution in [0.2, 0.25) is 0 Å². The highest BCUT2D eigenvalue weighted by Crippen LogP contribution is 2.60. The van der Waals surface area contributed by atoms with Crippen LogP contribution < -0.4 is 0 Å². The molecule has 2 N–H and O–H groups in total. The van der Waals surface area contributed by atoms with E-state index in [-0.39, 0.29) is 23.9 Å². The first-order valence-electron chi connectivity index (χ1n) is 16.6. The van der Waals surface area contributed by atoms with Crippen LogP contribution in [0.1, 0.15) is 94.9 Å². The van der Waals surface area contributed by atoms with Crippen LogP contribution in [-0.4, -0.2) is 65.2 Å². The Morgan fingerprint density at radius 1 is 0.920 bits per heavy atom. The van der Waals surface area contributed by atoms with E-state index in [1.807, 2.05) is 20.8 Å². The molecule has 2 atom stereocenters. The summed E-state index contributed by atoms with van der Waals surface area (Å²) < 4.78 is 119. The van der Waals surface area contributed by atoms with Crippen molar-refractivity contribution in [2.24, 2.45) is 5.92 Å². The zero-order chi connectivity index (χ0) is 38.3.